The third-order valence-electron chi connectivity index (χ3n) is 3.63. The number of hydrogen-bond acceptors (Lipinski definition) is 3. The molecule has 3 rings (SSSR count). The van der Waals surface area contributed by atoms with Gasteiger partial charge in [-0.25, -0.2) is 4.98 Å². The van der Waals surface area contributed by atoms with Crippen LogP contribution in [-0.2, 0) is 12.8 Å². The minimum Gasteiger partial charge on any atom is -0.384 e. The Labute approximate surface area is 101 Å². The quantitative estimate of drug-likeness (QED) is 0.791. The van der Waals surface area contributed by atoms with Crippen molar-refractivity contribution in [2.45, 2.75) is 45.4 Å². The van der Waals surface area contributed by atoms with Crippen molar-refractivity contribution in [2.75, 3.05) is 5.73 Å². The van der Waals surface area contributed by atoms with Crippen LogP contribution in [0.4, 0.5) is 5.82 Å². The van der Waals surface area contributed by atoms with E-state index in [4.69, 9.17) is 5.73 Å². The summed E-state index contributed by atoms with van der Waals surface area (Å²) in [7, 11) is 0. The van der Waals surface area contributed by atoms with Crippen molar-refractivity contribution in [2.24, 2.45) is 0 Å². The van der Waals surface area contributed by atoms with Crippen LogP contribution in [-0.4, -0.2) is 15.2 Å². The van der Waals surface area contributed by atoms with Gasteiger partial charge in [0.05, 0.1) is 5.39 Å². The molecule has 2 aromatic rings. The van der Waals surface area contributed by atoms with E-state index in [9.17, 15) is 0 Å². The van der Waals surface area contributed by atoms with Crippen molar-refractivity contribution < 1.29 is 0 Å². The molecule has 0 aliphatic heterocycles. The van der Waals surface area contributed by atoms with Gasteiger partial charge in [0.15, 0.2) is 5.65 Å². The molecule has 0 unspecified atom stereocenters. The molecular formula is C13H18N4. The number of pyridine rings is 1. The summed E-state index contributed by atoms with van der Waals surface area (Å²) in [6.45, 7) is 4.44. The number of aromatic nitrogens is 3. The van der Waals surface area contributed by atoms with Crippen molar-refractivity contribution in [3.8, 4) is 0 Å². The number of nitrogens with zero attached hydrogens (tertiary/aromatic N) is 2. The SMILES string of the molecule is CC(C)c1c2c(nc3n[nH]c(N)c13)CCCC2. The Morgan fingerprint density at radius 1 is 1.24 bits per heavy atom. The minimum absolute atomic E-state index is 0.465. The summed E-state index contributed by atoms with van der Waals surface area (Å²) in [5.74, 6) is 1.12. The Balaban J connectivity index is 2.39. The van der Waals surface area contributed by atoms with Gasteiger partial charge < -0.3 is 5.73 Å². The highest BCUT2D eigenvalue weighted by Gasteiger charge is 2.22. The number of aromatic amines is 1. The molecule has 1 aliphatic rings. The van der Waals surface area contributed by atoms with Crippen LogP contribution in [0.5, 0.6) is 0 Å². The lowest BCUT2D eigenvalue weighted by Crippen LogP contribution is -2.10. The van der Waals surface area contributed by atoms with Crippen LogP contribution >= 0.6 is 0 Å². The number of nitrogens with two attached hydrogens (primary N) is 1. The summed E-state index contributed by atoms with van der Waals surface area (Å²) in [4.78, 5) is 4.66. The molecule has 0 aromatic carbocycles. The maximum Gasteiger partial charge on any atom is 0.183 e. The van der Waals surface area contributed by atoms with Crippen LogP contribution in [0.25, 0.3) is 11.0 Å². The topological polar surface area (TPSA) is 67.6 Å². The number of hydrogen-bond donors (Lipinski definition) is 2. The van der Waals surface area contributed by atoms with Crippen LogP contribution in [0.3, 0.4) is 0 Å². The third-order valence-corrected chi connectivity index (χ3v) is 3.63. The fourth-order valence-electron chi connectivity index (χ4n) is 2.91. The Hall–Kier alpha value is -1.58. The maximum atomic E-state index is 5.99. The van der Waals surface area contributed by atoms with Crippen molar-refractivity contribution >= 4 is 16.9 Å². The van der Waals surface area contributed by atoms with Gasteiger partial charge in [0.1, 0.15) is 5.82 Å². The highest BCUT2D eigenvalue weighted by Crippen LogP contribution is 2.35. The molecule has 2 heterocycles. The van der Waals surface area contributed by atoms with Crippen LogP contribution in [0.15, 0.2) is 0 Å². The summed E-state index contributed by atoms with van der Waals surface area (Å²) in [6, 6.07) is 0. The molecule has 17 heavy (non-hydrogen) atoms. The second-order valence-electron chi connectivity index (χ2n) is 5.15. The molecule has 2 aromatic heterocycles. The average molecular weight is 230 g/mol. The molecule has 0 fully saturated rings. The third kappa shape index (κ3) is 1.51. The lowest BCUT2D eigenvalue weighted by atomic mass is 9.86. The van der Waals surface area contributed by atoms with Gasteiger partial charge >= 0.3 is 0 Å². The fraction of sp³-hybridized carbons (Fsp3) is 0.538. The van der Waals surface area contributed by atoms with Gasteiger partial charge in [-0.3, -0.25) is 5.10 Å². The molecule has 4 nitrogen and oxygen atoms in total. The fourth-order valence-corrected chi connectivity index (χ4v) is 2.91. The zero-order chi connectivity index (χ0) is 12.0. The molecular weight excluding hydrogens is 212 g/mol. The summed E-state index contributed by atoms with van der Waals surface area (Å²) < 4.78 is 0. The summed E-state index contributed by atoms with van der Waals surface area (Å²) >= 11 is 0. The highest BCUT2D eigenvalue weighted by molar-refractivity contribution is 5.90. The first-order valence-corrected chi connectivity index (χ1v) is 6.33. The van der Waals surface area contributed by atoms with Gasteiger partial charge in [-0.15, -0.1) is 0 Å². The number of nitrogen functional groups attached to an aromatic ring is 1. The second-order valence-corrected chi connectivity index (χ2v) is 5.15. The lowest BCUT2D eigenvalue weighted by molar-refractivity contribution is 0.657. The highest BCUT2D eigenvalue weighted by atomic mass is 15.2. The van der Waals surface area contributed by atoms with Gasteiger partial charge in [-0.2, -0.15) is 5.10 Å². The predicted molar refractivity (Wildman–Crippen MR) is 69.0 cm³/mol. The molecule has 3 N–H and O–H groups in total. The smallest absolute Gasteiger partial charge is 0.183 e. The number of fused-ring (bicyclic) bond motifs is 2. The van der Waals surface area contributed by atoms with E-state index in [-0.39, 0.29) is 0 Å². The van der Waals surface area contributed by atoms with Crippen molar-refractivity contribution in [1.29, 1.82) is 0 Å². The first-order chi connectivity index (χ1) is 8.18. The molecule has 0 atom stereocenters. The molecule has 0 spiro atoms. The molecule has 0 bridgehead atoms. The normalized spacial score (nSPS) is 15.5. The van der Waals surface area contributed by atoms with Crippen LogP contribution in [0.1, 0.15) is 49.4 Å². The van der Waals surface area contributed by atoms with Crippen LogP contribution in [0, 0.1) is 0 Å². The maximum absolute atomic E-state index is 5.99. The van der Waals surface area contributed by atoms with Gasteiger partial charge in [-0.05, 0) is 42.7 Å². The first kappa shape index (κ1) is 10.6. The Kier molecular flexibility index (Phi) is 2.31. The predicted octanol–water partition coefficient (Wildman–Crippen LogP) is 2.54. The van der Waals surface area contributed by atoms with E-state index in [1.807, 2.05) is 0 Å². The number of H-pyrrole nitrogens is 1. The van der Waals surface area contributed by atoms with Crippen LogP contribution < -0.4 is 5.73 Å². The zero-order valence-corrected chi connectivity index (χ0v) is 10.4. The van der Waals surface area contributed by atoms with E-state index < -0.39 is 0 Å². The Morgan fingerprint density at radius 2 is 2.00 bits per heavy atom. The molecule has 1 aliphatic carbocycles. The number of nitrogens with one attached hydrogen (secondary N) is 1. The minimum atomic E-state index is 0.465. The van der Waals surface area contributed by atoms with E-state index in [0.717, 1.165) is 23.9 Å². The number of anilines is 1. The van der Waals surface area contributed by atoms with Crippen molar-refractivity contribution in [3.63, 3.8) is 0 Å². The van der Waals surface area contributed by atoms with E-state index in [1.54, 1.807) is 0 Å². The molecule has 0 saturated carbocycles. The zero-order valence-electron chi connectivity index (χ0n) is 10.4. The van der Waals surface area contributed by atoms with E-state index in [0.29, 0.717) is 11.7 Å². The monoisotopic (exact) mass is 230 g/mol. The second kappa shape index (κ2) is 3.72. The average Bonchev–Trinajstić information content (AvgIpc) is 2.67. The van der Waals surface area contributed by atoms with E-state index in [2.05, 4.69) is 29.0 Å². The lowest BCUT2D eigenvalue weighted by Gasteiger charge is -2.21. The van der Waals surface area contributed by atoms with Crippen molar-refractivity contribution in [3.05, 3.63) is 16.8 Å². The van der Waals surface area contributed by atoms with Gasteiger partial charge in [0.25, 0.3) is 0 Å². The number of rotatable bonds is 1. The van der Waals surface area contributed by atoms with Gasteiger partial charge in [-0.1, -0.05) is 13.8 Å². The molecule has 4 heteroatoms. The van der Waals surface area contributed by atoms with Crippen LogP contribution in [0.2, 0.25) is 0 Å². The van der Waals surface area contributed by atoms with Gasteiger partial charge in [0, 0.05) is 5.69 Å². The summed E-state index contributed by atoms with van der Waals surface area (Å²) in [6.07, 6.45) is 4.72. The molecule has 0 saturated heterocycles. The van der Waals surface area contributed by atoms with Crippen molar-refractivity contribution in [1.82, 2.24) is 15.2 Å². The standard InChI is InChI=1S/C13H18N4/c1-7(2)10-8-5-3-4-6-9(8)15-13-11(10)12(14)16-17-13/h7H,3-6H2,1-2H3,(H3,14,15,16,17). The Morgan fingerprint density at radius 3 is 2.76 bits per heavy atom. The molecule has 90 valence electrons. The largest absolute Gasteiger partial charge is 0.384 e. The van der Waals surface area contributed by atoms with E-state index in [1.165, 1.54) is 29.7 Å². The summed E-state index contributed by atoms with van der Waals surface area (Å²) in [5.41, 5.74) is 10.8. The first-order valence-electron chi connectivity index (χ1n) is 6.33. The van der Waals surface area contributed by atoms with Gasteiger partial charge in [0.2, 0.25) is 0 Å². The number of aryl methyl sites for hydroxylation is 1. The molecule has 0 radical (unpaired) electrons. The molecule has 0 amide bonds. The summed E-state index contributed by atoms with van der Waals surface area (Å²) in [5, 5.41) is 8.11. The van der Waals surface area contributed by atoms with E-state index >= 15 is 0 Å². The Bertz CT molecular complexity index is 568.